The minimum Gasteiger partial charge on any atom is -0.368 e. The van der Waals surface area contributed by atoms with E-state index in [0.29, 0.717) is 23.7 Å². The number of carbonyl (C=O) groups is 1. The molecule has 0 N–H and O–H groups in total. The lowest BCUT2D eigenvalue weighted by molar-refractivity contribution is 0.0752. The molecule has 3 aromatic rings. The Kier molecular flexibility index (Phi) is 5.66. The maximum atomic E-state index is 13.1. The summed E-state index contributed by atoms with van der Waals surface area (Å²) in [5.41, 5.74) is 3.87. The van der Waals surface area contributed by atoms with Crippen molar-refractivity contribution < 1.29 is 4.79 Å². The zero-order valence-electron chi connectivity index (χ0n) is 15.2. The Morgan fingerprint density at radius 2 is 1.82 bits per heavy atom. The number of aryl methyl sites for hydroxylation is 1. The second-order valence-electron chi connectivity index (χ2n) is 6.67. The highest BCUT2D eigenvalue weighted by Gasteiger charge is 2.27. The summed E-state index contributed by atoms with van der Waals surface area (Å²) in [6, 6.07) is 13.7. The van der Waals surface area contributed by atoms with Crippen LogP contribution < -0.4 is 4.90 Å². The fraction of sp³-hybridized carbons (Fsp3) is 0.250. The van der Waals surface area contributed by atoms with E-state index in [4.69, 9.17) is 11.6 Å². The summed E-state index contributed by atoms with van der Waals surface area (Å²) in [7, 11) is 0. The van der Waals surface area contributed by atoms with Crippen molar-refractivity contribution in [3.63, 3.8) is 0 Å². The smallest absolute Gasteiger partial charge is 0.268 e. The minimum atomic E-state index is -0.00427. The molecular weight excluding hydrogens is 460 g/mol. The first-order chi connectivity index (χ1) is 13.5. The summed E-state index contributed by atoms with van der Waals surface area (Å²) in [4.78, 5) is 17.9. The van der Waals surface area contributed by atoms with Crippen LogP contribution in [0.2, 0.25) is 5.02 Å². The molecule has 1 amide bonds. The molecular formula is C20H18BrClN4OS. The van der Waals surface area contributed by atoms with Crippen molar-refractivity contribution in [3.05, 3.63) is 62.4 Å². The third-order valence-corrected chi connectivity index (χ3v) is 6.36. The molecule has 1 aromatic heterocycles. The van der Waals surface area contributed by atoms with Crippen molar-refractivity contribution in [1.29, 1.82) is 0 Å². The van der Waals surface area contributed by atoms with Crippen LogP contribution in [0.25, 0.3) is 11.3 Å². The quantitative estimate of drug-likeness (QED) is 0.539. The molecule has 0 aliphatic carbocycles. The van der Waals surface area contributed by atoms with E-state index in [0.717, 1.165) is 45.4 Å². The van der Waals surface area contributed by atoms with Gasteiger partial charge in [-0.1, -0.05) is 50.2 Å². The van der Waals surface area contributed by atoms with Gasteiger partial charge in [-0.2, -0.15) is 0 Å². The molecule has 1 aliphatic rings. The van der Waals surface area contributed by atoms with Gasteiger partial charge in [-0.25, -0.2) is 0 Å². The number of carbonyl (C=O) groups excluding carboxylic acids is 1. The summed E-state index contributed by atoms with van der Waals surface area (Å²) in [5.74, 6) is -0.00427. The Hall–Kier alpha value is -1.96. The highest BCUT2D eigenvalue weighted by Crippen LogP contribution is 2.28. The Morgan fingerprint density at radius 1 is 1.11 bits per heavy atom. The molecule has 0 radical (unpaired) electrons. The third-order valence-electron chi connectivity index (χ3n) is 4.88. The van der Waals surface area contributed by atoms with Crippen molar-refractivity contribution in [2.75, 3.05) is 31.1 Å². The molecule has 144 valence electrons. The first-order valence-electron chi connectivity index (χ1n) is 8.91. The van der Waals surface area contributed by atoms with Gasteiger partial charge >= 0.3 is 0 Å². The van der Waals surface area contributed by atoms with E-state index >= 15 is 0 Å². The molecule has 1 aliphatic heterocycles. The first kappa shape index (κ1) is 19.4. The van der Waals surface area contributed by atoms with Gasteiger partial charge < -0.3 is 9.80 Å². The topological polar surface area (TPSA) is 49.3 Å². The third kappa shape index (κ3) is 3.92. The fourth-order valence-electron chi connectivity index (χ4n) is 3.34. The molecule has 0 bridgehead atoms. The van der Waals surface area contributed by atoms with Crippen molar-refractivity contribution >= 4 is 50.7 Å². The number of aromatic nitrogens is 2. The normalized spacial score (nSPS) is 14.4. The Morgan fingerprint density at radius 3 is 2.54 bits per heavy atom. The molecule has 0 unspecified atom stereocenters. The van der Waals surface area contributed by atoms with Gasteiger partial charge in [0.1, 0.15) is 10.6 Å². The van der Waals surface area contributed by atoms with Crippen LogP contribution in [0.3, 0.4) is 0 Å². The molecule has 2 heterocycles. The van der Waals surface area contributed by atoms with E-state index in [-0.39, 0.29) is 5.91 Å². The zero-order valence-corrected chi connectivity index (χ0v) is 18.4. The van der Waals surface area contributed by atoms with Gasteiger partial charge in [0, 0.05) is 46.9 Å². The van der Waals surface area contributed by atoms with Gasteiger partial charge in [0.05, 0.1) is 0 Å². The summed E-state index contributed by atoms with van der Waals surface area (Å²) in [5, 5.41) is 4.93. The van der Waals surface area contributed by atoms with Crippen LogP contribution in [-0.2, 0) is 0 Å². The largest absolute Gasteiger partial charge is 0.368 e. The average molecular weight is 478 g/mol. The lowest BCUT2D eigenvalue weighted by atomic mass is 10.1. The lowest BCUT2D eigenvalue weighted by Crippen LogP contribution is -2.49. The summed E-state index contributed by atoms with van der Waals surface area (Å²) < 4.78 is 5.01. The van der Waals surface area contributed by atoms with E-state index in [1.807, 2.05) is 47.4 Å². The van der Waals surface area contributed by atoms with Crippen LogP contribution in [0.4, 0.5) is 5.69 Å². The van der Waals surface area contributed by atoms with Crippen LogP contribution >= 0.6 is 39.1 Å². The highest BCUT2D eigenvalue weighted by atomic mass is 79.9. The SMILES string of the molecule is Cc1ccc(Cl)cc1N1CCN(C(=O)c2snnc2-c2ccc(Br)cc2)CC1. The van der Waals surface area contributed by atoms with Crippen molar-refractivity contribution in [3.8, 4) is 11.3 Å². The molecule has 2 aromatic carbocycles. The van der Waals surface area contributed by atoms with Gasteiger partial charge in [-0.15, -0.1) is 5.10 Å². The molecule has 4 rings (SSSR count). The molecule has 0 spiro atoms. The summed E-state index contributed by atoms with van der Waals surface area (Å²) in [6.45, 7) is 4.93. The Bertz CT molecular complexity index is 1000. The number of piperazine rings is 1. The van der Waals surface area contributed by atoms with Crippen LogP contribution in [0.1, 0.15) is 15.2 Å². The molecule has 0 atom stereocenters. The highest BCUT2D eigenvalue weighted by molar-refractivity contribution is 9.10. The number of nitrogens with zero attached hydrogens (tertiary/aromatic N) is 4. The van der Waals surface area contributed by atoms with E-state index in [1.165, 1.54) is 5.56 Å². The molecule has 1 fully saturated rings. The molecule has 0 saturated carbocycles. The number of halogens is 2. The predicted molar refractivity (Wildman–Crippen MR) is 117 cm³/mol. The van der Waals surface area contributed by atoms with Gasteiger partial charge in [0.15, 0.2) is 0 Å². The fourth-order valence-corrected chi connectivity index (χ4v) is 4.43. The number of hydrogen-bond acceptors (Lipinski definition) is 5. The maximum Gasteiger partial charge on any atom is 0.268 e. The van der Waals surface area contributed by atoms with Crippen LogP contribution in [0, 0.1) is 6.92 Å². The van der Waals surface area contributed by atoms with Crippen molar-refractivity contribution in [2.45, 2.75) is 6.92 Å². The summed E-state index contributed by atoms with van der Waals surface area (Å²) in [6.07, 6.45) is 0. The lowest BCUT2D eigenvalue weighted by Gasteiger charge is -2.36. The molecule has 5 nitrogen and oxygen atoms in total. The molecule has 1 saturated heterocycles. The van der Waals surface area contributed by atoms with Crippen molar-refractivity contribution in [1.82, 2.24) is 14.5 Å². The van der Waals surface area contributed by atoms with Gasteiger partial charge in [0.2, 0.25) is 0 Å². The van der Waals surface area contributed by atoms with E-state index < -0.39 is 0 Å². The number of rotatable bonds is 3. The zero-order chi connectivity index (χ0) is 19.7. The van der Waals surface area contributed by atoms with Gasteiger partial charge in [0.25, 0.3) is 5.91 Å². The first-order valence-corrected chi connectivity index (χ1v) is 10.9. The van der Waals surface area contributed by atoms with Crippen molar-refractivity contribution in [2.24, 2.45) is 0 Å². The number of anilines is 1. The Labute approximate surface area is 181 Å². The Balaban J connectivity index is 1.49. The predicted octanol–water partition coefficient (Wildman–Crippen LogP) is 4.89. The number of benzene rings is 2. The van der Waals surface area contributed by atoms with E-state index in [1.54, 1.807) is 0 Å². The second kappa shape index (κ2) is 8.19. The average Bonchev–Trinajstić information content (AvgIpc) is 3.20. The standard InChI is InChI=1S/C20H18BrClN4OS/c1-13-2-7-16(22)12-17(13)25-8-10-26(11-9-25)20(27)19-18(23-24-28-19)14-3-5-15(21)6-4-14/h2-7,12H,8-11H2,1H3. The molecule has 8 heteroatoms. The number of amides is 1. The van der Waals surface area contributed by atoms with E-state index in [2.05, 4.69) is 37.3 Å². The minimum absolute atomic E-state index is 0.00427. The summed E-state index contributed by atoms with van der Waals surface area (Å²) >= 11 is 10.7. The van der Waals surface area contributed by atoms with Crippen LogP contribution in [0.5, 0.6) is 0 Å². The second-order valence-corrected chi connectivity index (χ2v) is 8.77. The monoisotopic (exact) mass is 476 g/mol. The number of hydrogen-bond donors (Lipinski definition) is 0. The van der Waals surface area contributed by atoms with Gasteiger partial charge in [-0.3, -0.25) is 4.79 Å². The van der Waals surface area contributed by atoms with Gasteiger partial charge in [-0.05, 0) is 48.3 Å². The van der Waals surface area contributed by atoms with Crippen LogP contribution in [-0.4, -0.2) is 46.6 Å². The van der Waals surface area contributed by atoms with Crippen LogP contribution in [0.15, 0.2) is 46.9 Å². The van der Waals surface area contributed by atoms with E-state index in [9.17, 15) is 4.79 Å². The maximum absolute atomic E-state index is 13.1. The molecule has 28 heavy (non-hydrogen) atoms.